The number of carbonyl (C=O) groups excluding carboxylic acids is 1. The van der Waals surface area contributed by atoms with E-state index in [2.05, 4.69) is 5.32 Å². The van der Waals surface area contributed by atoms with Gasteiger partial charge < -0.3 is 14.8 Å². The van der Waals surface area contributed by atoms with Crippen LogP contribution in [-0.2, 0) is 19.6 Å². The van der Waals surface area contributed by atoms with Crippen LogP contribution in [-0.4, -0.2) is 53.5 Å². The minimum atomic E-state index is -3.51. The second-order valence-electron chi connectivity index (χ2n) is 5.48. The summed E-state index contributed by atoms with van der Waals surface area (Å²) in [6.45, 7) is 1.16. The van der Waals surface area contributed by atoms with Crippen LogP contribution in [0.3, 0.4) is 0 Å². The van der Waals surface area contributed by atoms with Crippen molar-refractivity contribution in [2.24, 2.45) is 0 Å². The number of ether oxygens (including phenoxy) is 2. The van der Waals surface area contributed by atoms with E-state index >= 15 is 0 Å². The highest BCUT2D eigenvalue weighted by Crippen LogP contribution is 2.36. The van der Waals surface area contributed by atoms with E-state index in [1.807, 2.05) is 0 Å². The van der Waals surface area contributed by atoms with Crippen molar-refractivity contribution in [2.45, 2.75) is 18.9 Å². The predicted octanol–water partition coefficient (Wildman–Crippen LogP) is 1.41. The van der Waals surface area contributed by atoms with Crippen molar-refractivity contribution in [1.29, 1.82) is 0 Å². The highest BCUT2D eigenvalue weighted by Gasteiger charge is 2.31. The fraction of sp³-hybridized carbons (Fsp3) is 0.533. The average molecular weight is 377 g/mol. The molecule has 134 valence electrons. The van der Waals surface area contributed by atoms with E-state index in [0.29, 0.717) is 36.0 Å². The van der Waals surface area contributed by atoms with Gasteiger partial charge in [-0.05, 0) is 24.6 Å². The van der Waals surface area contributed by atoms with E-state index in [0.717, 1.165) is 6.26 Å². The first-order chi connectivity index (χ1) is 11.3. The molecular formula is C15H21ClN2O5S. The monoisotopic (exact) mass is 376 g/mol. The maximum Gasteiger partial charge on any atom is 0.261 e. The van der Waals surface area contributed by atoms with E-state index < -0.39 is 16.1 Å². The van der Waals surface area contributed by atoms with Crippen LogP contribution in [0.25, 0.3) is 0 Å². The standard InChI is InChI=1S/C15H21ClN2O5S/c1-22-9-3-7-17-15(19)14-6-8-18(24(2,20)21)12-10-11(16)4-5-13(12)23-14/h4-5,10,14H,3,6-9H2,1-2H3,(H,17,19)/t14-/m1/s1. The Balaban J connectivity index is 2.18. The van der Waals surface area contributed by atoms with Gasteiger partial charge in [-0.3, -0.25) is 9.10 Å². The molecule has 2 rings (SSSR count). The molecule has 0 fully saturated rings. The predicted molar refractivity (Wildman–Crippen MR) is 92.2 cm³/mol. The molecule has 0 saturated heterocycles. The number of benzene rings is 1. The van der Waals surface area contributed by atoms with Crippen LogP contribution < -0.4 is 14.4 Å². The van der Waals surface area contributed by atoms with Crippen LogP contribution in [0.1, 0.15) is 12.8 Å². The molecule has 0 saturated carbocycles. The number of sulfonamides is 1. The van der Waals surface area contributed by atoms with Crippen molar-refractivity contribution >= 4 is 33.2 Å². The van der Waals surface area contributed by atoms with E-state index in [-0.39, 0.29) is 18.9 Å². The topological polar surface area (TPSA) is 84.9 Å². The highest BCUT2D eigenvalue weighted by molar-refractivity contribution is 7.92. The van der Waals surface area contributed by atoms with Gasteiger partial charge in [0.25, 0.3) is 5.91 Å². The van der Waals surface area contributed by atoms with Crippen LogP contribution in [0.15, 0.2) is 18.2 Å². The third kappa shape index (κ3) is 4.75. The van der Waals surface area contributed by atoms with Gasteiger partial charge in [-0.25, -0.2) is 8.42 Å². The van der Waals surface area contributed by atoms with Crippen molar-refractivity contribution < 1.29 is 22.7 Å². The number of carbonyl (C=O) groups is 1. The van der Waals surface area contributed by atoms with Gasteiger partial charge >= 0.3 is 0 Å². The lowest BCUT2D eigenvalue weighted by atomic mass is 10.2. The Morgan fingerprint density at radius 2 is 2.25 bits per heavy atom. The molecule has 24 heavy (non-hydrogen) atoms. The van der Waals surface area contributed by atoms with Gasteiger partial charge in [0, 0.05) is 38.2 Å². The van der Waals surface area contributed by atoms with Crippen molar-refractivity contribution in [2.75, 3.05) is 37.4 Å². The number of halogens is 1. The number of rotatable bonds is 6. The highest BCUT2D eigenvalue weighted by atomic mass is 35.5. The number of nitrogens with zero attached hydrogens (tertiary/aromatic N) is 1. The smallest absolute Gasteiger partial charge is 0.261 e. The first-order valence-electron chi connectivity index (χ1n) is 7.53. The second kappa shape index (κ2) is 8.04. The second-order valence-corrected chi connectivity index (χ2v) is 7.82. The van der Waals surface area contributed by atoms with Gasteiger partial charge in [-0.1, -0.05) is 11.6 Å². The molecule has 1 aromatic rings. The molecule has 1 amide bonds. The summed E-state index contributed by atoms with van der Waals surface area (Å²) in [5, 5.41) is 3.17. The SMILES string of the molecule is COCCCNC(=O)[C@H]1CCN(S(C)(=O)=O)c2cc(Cl)ccc2O1. The van der Waals surface area contributed by atoms with Gasteiger partial charge in [-0.15, -0.1) is 0 Å². The zero-order valence-corrected chi connectivity index (χ0v) is 15.2. The quantitative estimate of drug-likeness (QED) is 0.759. The fourth-order valence-corrected chi connectivity index (χ4v) is 3.53. The summed E-state index contributed by atoms with van der Waals surface area (Å²) >= 11 is 5.97. The number of fused-ring (bicyclic) bond motifs is 1. The molecule has 7 nitrogen and oxygen atoms in total. The van der Waals surface area contributed by atoms with Gasteiger partial charge in [0.1, 0.15) is 5.75 Å². The van der Waals surface area contributed by atoms with Crippen molar-refractivity contribution in [3.8, 4) is 5.75 Å². The Kier molecular flexibility index (Phi) is 6.31. The van der Waals surface area contributed by atoms with Crippen LogP contribution in [0.2, 0.25) is 5.02 Å². The van der Waals surface area contributed by atoms with Crippen molar-refractivity contribution in [3.05, 3.63) is 23.2 Å². The van der Waals surface area contributed by atoms with Crippen LogP contribution in [0, 0.1) is 0 Å². The summed E-state index contributed by atoms with van der Waals surface area (Å²) in [5.74, 6) is 0.0433. The lowest BCUT2D eigenvalue weighted by molar-refractivity contribution is -0.128. The largest absolute Gasteiger partial charge is 0.478 e. The molecule has 9 heteroatoms. The number of nitrogens with one attached hydrogen (secondary N) is 1. The molecule has 0 aromatic heterocycles. The van der Waals surface area contributed by atoms with Gasteiger partial charge in [-0.2, -0.15) is 0 Å². The van der Waals surface area contributed by atoms with E-state index in [1.54, 1.807) is 19.2 Å². The number of anilines is 1. The Morgan fingerprint density at radius 3 is 2.92 bits per heavy atom. The molecule has 0 spiro atoms. The van der Waals surface area contributed by atoms with Gasteiger partial charge in [0.2, 0.25) is 10.0 Å². The molecule has 0 aliphatic carbocycles. The van der Waals surface area contributed by atoms with Crippen LogP contribution >= 0.6 is 11.6 Å². The summed E-state index contributed by atoms with van der Waals surface area (Å²) in [7, 11) is -1.91. The number of hydrogen-bond donors (Lipinski definition) is 1. The Bertz CT molecular complexity index is 695. The van der Waals surface area contributed by atoms with Crippen LogP contribution in [0.5, 0.6) is 5.75 Å². The lowest BCUT2D eigenvalue weighted by Gasteiger charge is -2.21. The third-order valence-corrected chi connectivity index (χ3v) is 4.99. The van der Waals surface area contributed by atoms with Crippen molar-refractivity contribution in [1.82, 2.24) is 5.32 Å². The number of methoxy groups -OCH3 is 1. The zero-order chi connectivity index (χ0) is 17.7. The van der Waals surface area contributed by atoms with Gasteiger partial charge in [0.05, 0.1) is 11.9 Å². The summed E-state index contributed by atoms with van der Waals surface area (Å²) in [6, 6.07) is 4.70. The van der Waals surface area contributed by atoms with Crippen LogP contribution in [0.4, 0.5) is 5.69 Å². The molecule has 1 N–H and O–H groups in total. The van der Waals surface area contributed by atoms with E-state index in [4.69, 9.17) is 21.1 Å². The third-order valence-electron chi connectivity index (χ3n) is 3.57. The van der Waals surface area contributed by atoms with Crippen molar-refractivity contribution in [3.63, 3.8) is 0 Å². The normalized spacial score (nSPS) is 17.6. The summed E-state index contributed by atoms with van der Waals surface area (Å²) in [4.78, 5) is 12.3. The maximum absolute atomic E-state index is 12.3. The Hall–Kier alpha value is -1.51. The molecule has 1 heterocycles. The maximum atomic E-state index is 12.3. The summed E-state index contributed by atoms with van der Waals surface area (Å²) in [6.07, 6.45) is 1.29. The zero-order valence-electron chi connectivity index (χ0n) is 13.6. The molecule has 1 aliphatic heterocycles. The summed E-state index contributed by atoms with van der Waals surface area (Å²) < 4.78 is 36.0. The van der Waals surface area contributed by atoms with E-state index in [1.165, 1.54) is 10.4 Å². The minimum Gasteiger partial charge on any atom is -0.478 e. The Morgan fingerprint density at radius 1 is 1.50 bits per heavy atom. The minimum absolute atomic E-state index is 0.141. The molecule has 0 unspecified atom stereocenters. The summed E-state index contributed by atoms with van der Waals surface area (Å²) in [5.41, 5.74) is 0.347. The van der Waals surface area contributed by atoms with Gasteiger partial charge in [0.15, 0.2) is 6.10 Å². The van der Waals surface area contributed by atoms with E-state index in [9.17, 15) is 13.2 Å². The average Bonchev–Trinajstić information content (AvgIpc) is 2.70. The molecular weight excluding hydrogens is 356 g/mol. The number of amides is 1. The molecule has 1 aromatic carbocycles. The Labute approximate surface area is 146 Å². The molecule has 1 atom stereocenters. The number of hydrogen-bond acceptors (Lipinski definition) is 5. The molecule has 0 radical (unpaired) electrons. The molecule has 1 aliphatic rings. The molecule has 0 bridgehead atoms. The fourth-order valence-electron chi connectivity index (χ4n) is 2.42. The lowest BCUT2D eigenvalue weighted by Crippen LogP contribution is -2.40. The first-order valence-corrected chi connectivity index (χ1v) is 9.76. The first kappa shape index (κ1) is 18.8.